The van der Waals surface area contributed by atoms with E-state index in [0.717, 1.165) is 5.69 Å². The third-order valence-electron chi connectivity index (χ3n) is 6.44. The molecule has 1 spiro atoms. The highest BCUT2D eigenvalue weighted by Gasteiger charge is 2.67. The second kappa shape index (κ2) is 7.56. The number of anilines is 2. The van der Waals surface area contributed by atoms with Gasteiger partial charge in [0.15, 0.2) is 11.5 Å². The lowest BCUT2D eigenvalue weighted by Crippen LogP contribution is -2.41. The molecule has 2 fully saturated rings. The molecule has 8 heteroatoms. The van der Waals surface area contributed by atoms with Crippen molar-refractivity contribution in [1.82, 2.24) is 0 Å². The van der Waals surface area contributed by atoms with Crippen LogP contribution in [0.4, 0.5) is 11.4 Å². The topological polar surface area (TPSA) is 86.3 Å². The summed E-state index contributed by atoms with van der Waals surface area (Å²) in [6.45, 7) is 0.371. The molecule has 5 rings (SSSR count). The Hall–Kier alpha value is -3.52. The normalized spacial score (nSPS) is 27.4. The van der Waals surface area contributed by atoms with Crippen molar-refractivity contribution in [2.45, 2.75) is 11.7 Å². The van der Waals surface area contributed by atoms with Gasteiger partial charge in [0.05, 0.1) is 45.8 Å². The molecule has 166 valence electrons. The zero-order valence-electron chi connectivity index (χ0n) is 18.0. The zero-order chi connectivity index (χ0) is 22.5. The maximum absolute atomic E-state index is 13.4. The van der Waals surface area contributed by atoms with E-state index in [-0.39, 0.29) is 11.8 Å². The average Bonchev–Trinajstić information content (AvgIpc) is 3.47. The van der Waals surface area contributed by atoms with Crippen LogP contribution in [0.15, 0.2) is 54.6 Å². The second-order valence-corrected chi connectivity index (χ2v) is 8.08. The number of hydrogen-bond donors (Lipinski definition) is 1. The van der Waals surface area contributed by atoms with Gasteiger partial charge in [0.25, 0.3) is 0 Å². The summed E-state index contributed by atoms with van der Waals surface area (Å²) in [5.41, 5.74) is 0.520. The summed E-state index contributed by atoms with van der Waals surface area (Å²) in [7, 11) is 4.68. The van der Waals surface area contributed by atoms with Crippen LogP contribution in [0.1, 0.15) is 0 Å². The van der Waals surface area contributed by atoms with Gasteiger partial charge in [-0.1, -0.05) is 12.2 Å². The summed E-state index contributed by atoms with van der Waals surface area (Å²) in [5, 5.41) is 2.92. The summed E-state index contributed by atoms with van der Waals surface area (Å²) >= 11 is 0. The van der Waals surface area contributed by atoms with Gasteiger partial charge in [0.2, 0.25) is 11.8 Å². The van der Waals surface area contributed by atoms with Gasteiger partial charge in [-0.2, -0.15) is 0 Å². The highest BCUT2D eigenvalue weighted by Crippen LogP contribution is 2.53. The number of nitrogens with one attached hydrogen (secondary N) is 1. The van der Waals surface area contributed by atoms with Gasteiger partial charge in [-0.15, -0.1) is 0 Å². The summed E-state index contributed by atoms with van der Waals surface area (Å²) in [6.07, 6.45) is 3.39. The number of ether oxygens (including phenoxy) is 4. The maximum Gasteiger partial charge on any atom is 0.234 e. The van der Waals surface area contributed by atoms with E-state index in [4.69, 9.17) is 18.9 Å². The van der Waals surface area contributed by atoms with Crippen LogP contribution >= 0.6 is 0 Å². The molecule has 2 amide bonds. The van der Waals surface area contributed by atoms with E-state index in [9.17, 15) is 9.59 Å². The van der Waals surface area contributed by atoms with Gasteiger partial charge in [-0.3, -0.25) is 9.59 Å². The zero-order valence-corrected chi connectivity index (χ0v) is 18.0. The van der Waals surface area contributed by atoms with Gasteiger partial charge in [-0.05, 0) is 36.4 Å². The van der Waals surface area contributed by atoms with Crippen LogP contribution in [0.25, 0.3) is 0 Å². The molecular weight excluding hydrogens is 412 g/mol. The Morgan fingerprint density at radius 3 is 2.50 bits per heavy atom. The van der Waals surface area contributed by atoms with E-state index < -0.39 is 23.5 Å². The molecule has 32 heavy (non-hydrogen) atoms. The van der Waals surface area contributed by atoms with Crippen molar-refractivity contribution in [2.75, 3.05) is 38.1 Å². The van der Waals surface area contributed by atoms with E-state index in [1.165, 1.54) is 7.11 Å². The number of fused-ring (bicyclic) bond motifs is 1. The molecule has 0 radical (unpaired) electrons. The number of hydrogen-bond acceptors (Lipinski definition) is 6. The summed E-state index contributed by atoms with van der Waals surface area (Å²) < 4.78 is 22.0. The van der Waals surface area contributed by atoms with E-state index in [1.54, 1.807) is 37.3 Å². The molecule has 3 aliphatic heterocycles. The van der Waals surface area contributed by atoms with Crippen molar-refractivity contribution in [3.63, 3.8) is 0 Å². The molecule has 2 saturated heterocycles. The number of benzene rings is 2. The lowest BCUT2D eigenvalue weighted by atomic mass is 9.77. The summed E-state index contributed by atoms with van der Waals surface area (Å²) in [4.78, 5) is 28.4. The SMILES string of the molecule is COc1ccc(N2C[C@@]34C=C[C@@H](O3)[C@@H](C(=O)Nc3ccc(OC)c(OC)c3)[C@@H]4C2=O)cc1. The number of nitrogens with zero attached hydrogens (tertiary/aromatic N) is 1. The molecule has 0 aliphatic carbocycles. The molecule has 4 atom stereocenters. The molecule has 2 aromatic carbocycles. The van der Waals surface area contributed by atoms with Gasteiger partial charge >= 0.3 is 0 Å². The van der Waals surface area contributed by atoms with Crippen LogP contribution in [0.2, 0.25) is 0 Å². The number of carbonyl (C=O) groups excluding carboxylic acids is 2. The van der Waals surface area contributed by atoms with Crippen LogP contribution in [-0.2, 0) is 14.3 Å². The fourth-order valence-electron chi connectivity index (χ4n) is 4.92. The molecule has 0 saturated carbocycles. The van der Waals surface area contributed by atoms with E-state index in [1.807, 2.05) is 36.4 Å². The lowest BCUT2D eigenvalue weighted by molar-refractivity contribution is -0.128. The second-order valence-electron chi connectivity index (χ2n) is 8.08. The molecule has 8 nitrogen and oxygen atoms in total. The molecule has 3 heterocycles. The first-order valence-corrected chi connectivity index (χ1v) is 10.3. The Morgan fingerprint density at radius 2 is 1.81 bits per heavy atom. The number of amides is 2. The highest BCUT2D eigenvalue weighted by molar-refractivity contribution is 6.05. The molecule has 2 bridgehead atoms. The van der Waals surface area contributed by atoms with Gasteiger partial charge in [0, 0.05) is 17.4 Å². The highest BCUT2D eigenvalue weighted by atomic mass is 16.5. The standard InChI is InChI=1S/C24H24N2O6/c1-29-16-7-5-15(6-8-16)26-13-24-11-10-18(32-24)20(21(24)23(26)28)22(27)25-14-4-9-17(30-2)19(12-14)31-3/h4-12,18,20-21H,13H2,1-3H3,(H,25,27)/t18-,20-,21-,24-/m1/s1. The van der Waals surface area contributed by atoms with Crippen molar-refractivity contribution in [2.24, 2.45) is 11.8 Å². The monoisotopic (exact) mass is 436 g/mol. The van der Waals surface area contributed by atoms with E-state index in [2.05, 4.69) is 5.32 Å². The van der Waals surface area contributed by atoms with Crippen molar-refractivity contribution >= 4 is 23.2 Å². The Labute approximate surface area is 185 Å². The third-order valence-corrected chi connectivity index (χ3v) is 6.44. The predicted molar refractivity (Wildman–Crippen MR) is 117 cm³/mol. The molecular formula is C24H24N2O6. The van der Waals surface area contributed by atoms with Crippen LogP contribution in [-0.4, -0.2) is 51.4 Å². The maximum atomic E-state index is 13.4. The van der Waals surface area contributed by atoms with Crippen LogP contribution < -0.4 is 24.4 Å². The van der Waals surface area contributed by atoms with Crippen molar-refractivity contribution < 1.29 is 28.5 Å². The van der Waals surface area contributed by atoms with Crippen LogP contribution in [0, 0.1) is 11.8 Å². The Morgan fingerprint density at radius 1 is 1.06 bits per heavy atom. The first kappa shape index (κ1) is 20.4. The predicted octanol–water partition coefficient (Wildman–Crippen LogP) is 2.64. The number of carbonyl (C=O) groups is 2. The Kier molecular flexibility index (Phi) is 4.82. The minimum atomic E-state index is -0.790. The smallest absolute Gasteiger partial charge is 0.234 e. The first-order valence-electron chi connectivity index (χ1n) is 10.3. The summed E-state index contributed by atoms with van der Waals surface area (Å²) in [6, 6.07) is 12.4. The molecule has 0 aromatic heterocycles. The van der Waals surface area contributed by atoms with E-state index in [0.29, 0.717) is 29.5 Å². The van der Waals surface area contributed by atoms with Crippen molar-refractivity contribution in [1.29, 1.82) is 0 Å². The quantitative estimate of drug-likeness (QED) is 0.701. The number of rotatable bonds is 6. The van der Waals surface area contributed by atoms with Crippen molar-refractivity contribution in [3.05, 3.63) is 54.6 Å². The third kappa shape index (κ3) is 3.02. The fourth-order valence-corrected chi connectivity index (χ4v) is 4.92. The largest absolute Gasteiger partial charge is 0.497 e. The number of methoxy groups -OCH3 is 3. The van der Waals surface area contributed by atoms with Gasteiger partial charge in [0.1, 0.15) is 11.4 Å². The molecule has 1 N–H and O–H groups in total. The molecule has 2 aromatic rings. The Balaban J connectivity index is 1.39. The van der Waals surface area contributed by atoms with Crippen LogP contribution in [0.3, 0.4) is 0 Å². The molecule has 3 aliphatic rings. The molecule has 0 unspecified atom stereocenters. The summed E-state index contributed by atoms with van der Waals surface area (Å²) in [5.74, 6) is 0.203. The van der Waals surface area contributed by atoms with Crippen molar-refractivity contribution in [3.8, 4) is 17.2 Å². The average molecular weight is 436 g/mol. The minimum Gasteiger partial charge on any atom is -0.497 e. The minimum absolute atomic E-state index is 0.116. The van der Waals surface area contributed by atoms with E-state index >= 15 is 0 Å². The van der Waals surface area contributed by atoms with Gasteiger partial charge < -0.3 is 29.2 Å². The Bertz CT molecular complexity index is 1100. The van der Waals surface area contributed by atoms with Crippen LogP contribution in [0.5, 0.6) is 17.2 Å². The first-order chi connectivity index (χ1) is 15.5. The fraction of sp³-hybridized carbons (Fsp3) is 0.333. The van der Waals surface area contributed by atoms with Gasteiger partial charge in [-0.25, -0.2) is 0 Å². The lowest BCUT2D eigenvalue weighted by Gasteiger charge is -2.23.